The Balaban J connectivity index is 4.13. The van der Waals surface area contributed by atoms with Gasteiger partial charge in [-0.25, -0.2) is 0 Å². The maximum Gasteiger partial charge on any atom is -0.00773 e. The summed E-state index contributed by atoms with van der Waals surface area (Å²) in [5.74, 6) is 0. The van der Waals surface area contributed by atoms with E-state index in [-0.39, 0.29) is 0 Å². The second-order valence-electron chi connectivity index (χ2n) is 12.8. The van der Waals surface area contributed by atoms with Crippen molar-refractivity contribution in [1.29, 1.82) is 0 Å². The van der Waals surface area contributed by atoms with Gasteiger partial charge in [-0.05, 0) is 44.1 Å². The molecule has 0 bridgehead atoms. The summed E-state index contributed by atoms with van der Waals surface area (Å²) in [5.41, 5.74) is 6.25. The first-order valence-corrected chi connectivity index (χ1v) is 17.9. The number of rotatable bonds is 32. The van der Waals surface area contributed by atoms with Crippen LogP contribution >= 0.6 is 0 Å². The fourth-order valence-electron chi connectivity index (χ4n) is 6.47. The second-order valence-corrected chi connectivity index (χ2v) is 12.8. The molecule has 0 aromatic heterocycles. The lowest BCUT2D eigenvalue weighted by atomic mass is 9.70. The van der Waals surface area contributed by atoms with E-state index in [0.29, 0.717) is 5.41 Å². The van der Waals surface area contributed by atoms with Gasteiger partial charge in [0, 0.05) is 0 Å². The van der Waals surface area contributed by atoms with Crippen LogP contribution in [0.5, 0.6) is 0 Å². The summed E-state index contributed by atoms with van der Waals surface area (Å²) >= 11 is 0. The Labute approximate surface area is 237 Å². The van der Waals surface area contributed by atoms with Crippen molar-refractivity contribution in [3.63, 3.8) is 0 Å². The van der Waals surface area contributed by atoms with Crippen molar-refractivity contribution in [3.8, 4) is 0 Å². The largest absolute Gasteiger partial charge is 0.330 e. The molecule has 0 saturated heterocycles. The van der Waals surface area contributed by atoms with Crippen molar-refractivity contribution in [3.05, 3.63) is 0 Å². The van der Waals surface area contributed by atoms with Crippen molar-refractivity contribution in [1.82, 2.24) is 0 Å². The molecule has 0 amide bonds. The van der Waals surface area contributed by atoms with Gasteiger partial charge >= 0.3 is 0 Å². The normalized spacial score (nSPS) is 12.0. The van der Waals surface area contributed by atoms with Gasteiger partial charge in [-0.1, -0.05) is 188 Å². The summed E-state index contributed by atoms with van der Waals surface area (Å²) in [5, 5.41) is 0. The van der Waals surface area contributed by atoms with Crippen LogP contribution in [0.3, 0.4) is 0 Å². The fraction of sp³-hybridized carbons (Fsp3) is 1.00. The van der Waals surface area contributed by atoms with E-state index in [1.54, 1.807) is 0 Å². The topological polar surface area (TPSA) is 26.0 Å². The van der Waals surface area contributed by atoms with Crippen LogP contribution in [0.25, 0.3) is 0 Å². The minimum absolute atomic E-state index is 0.680. The summed E-state index contributed by atoms with van der Waals surface area (Å²) in [6.07, 6.45) is 45.1. The molecule has 0 aromatic rings. The molecule has 37 heavy (non-hydrogen) atoms. The van der Waals surface area contributed by atoms with Crippen molar-refractivity contribution in [2.75, 3.05) is 6.54 Å². The van der Waals surface area contributed by atoms with Crippen LogP contribution < -0.4 is 5.73 Å². The minimum atomic E-state index is 0.680. The number of hydrogen-bond acceptors (Lipinski definition) is 1. The number of nitrogens with two attached hydrogens (primary N) is 1. The van der Waals surface area contributed by atoms with E-state index in [1.165, 1.54) is 199 Å². The van der Waals surface area contributed by atoms with Crippen LogP contribution in [0.1, 0.15) is 220 Å². The molecule has 0 spiro atoms. The molecule has 1 heteroatoms. The van der Waals surface area contributed by atoms with Gasteiger partial charge in [0.05, 0.1) is 0 Å². The molecule has 0 heterocycles. The third-order valence-electron chi connectivity index (χ3n) is 9.09. The molecular formula is C36H75N. The highest BCUT2D eigenvalue weighted by Gasteiger charge is 2.28. The molecule has 2 N–H and O–H groups in total. The van der Waals surface area contributed by atoms with Gasteiger partial charge in [-0.2, -0.15) is 0 Å². The first-order chi connectivity index (χ1) is 18.2. The van der Waals surface area contributed by atoms with Gasteiger partial charge in [0.1, 0.15) is 0 Å². The molecule has 0 aromatic carbocycles. The van der Waals surface area contributed by atoms with Gasteiger partial charge in [-0.15, -0.1) is 0 Å². The van der Waals surface area contributed by atoms with Gasteiger partial charge in [0.2, 0.25) is 0 Å². The standard InChI is InChI=1S/C36H75N/c1-4-7-10-26-31-36(32-27-11-8-5-2,33-28-12-9-6-3)34-29-24-22-20-18-16-14-13-15-17-19-21-23-25-30-35-37/h4-35,37H2,1-3H3. The van der Waals surface area contributed by atoms with Gasteiger partial charge in [-0.3, -0.25) is 0 Å². The zero-order chi connectivity index (χ0) is 27.1. The van der Waals surface area contributed by atoms with E-state index >= 15 is 0 Å². The molecule has 0 atom stereocenters. The monoisotopic (exact) mass is 522 g/mol. The van der Waals surface area contributed by atoms with Crippen LogP contribution in [0, 0.1) is 5.41 Å². The van der Waals surface area contributed by atoms with Crippen molar-refractivity contribution >= 4 is 0 Å². The zero-order valence-corrected chi connectivity index (χ0v) is 26.7. The summed E-state index contributed by atoms with van der Waals surface area (Å²) in [6, 6.07) is 0. The Bertz CT molecular complexity index is 372. The number of unbranched alkanes of at least 4 members (excludes halogenated alkanes) is 23. The molecule has 0 aliphatic heterocycles. The van der Waals surface area contributed by atoms with E-state index in [0.717, 1.165) is 6.54 Å². The van der Waals surface area contributed by atoms with Crippen molar-refractivity contribution < 1.29 is 0 Å². The molecule has 0 aliphatic rings. The molecule has 0 radical (unpaired) electrons. The Hall–Kier alpha value is -0.0400. The quantitative estimate of drug-likeness (QED) is 0.0875. The Morgan fingerprint density at radius 2 is 0.514 bits per heavy atom. The molecule has 0 unspecified atom stereocenters. The first kappa shape index (κ1) is 37.0. The maximum absolute atomic E-state index is 5.57. The third-order valence-corrected chi connectivity index (χ3v) is 9.09. The van der Waals surface area contributed by atoms with Crippen LogP contribution in [0.2, 0.25) is 0 Å². The van der Waals surface area contributed by atoms with Crippen molar-refractivity contribution in [2.24, 2.45) is 11.1 Å². The van der Waals surface area contributed by atoms with Gasteiger partial charge in [0.25, 0.3) is 0 Å². The second kappa shape index (κ2) is 30.5. The van der Waals surface area contributed by atoms with Crippen molar-refractivity contribution in [2.45, 2.75) is 220 Å². The predicted octanol–water partition coefficient (Wildman–Crippen LogP) is 13.1. The molecule has 1 nitrogen and oxygen atoms in total. The Morgan fingerprint density at radius 3 is 0.757 bits per heavy atom. The molecule has 0 fully saturated rings. The van der Waals surface area contributed by atoms with E-state index in [9.17, 15) is 0 Å². The molecular weight excluding hydrogens is 446 g/mol. The molecule has 224 valence electrons. The minimum Gasteiger partial charge on any atom is -0.330 e. The average molecular weight is 522 g/mol. The molecule has 0 saturated carbocycles. The summed E-state index contributed by atoms with van der Waals surface area (Å²) in [6.45, 7) is 7.94. The Morgan fingerprint density at radius 1 is 0.297 bits per heavy atom. The third kappa shape index (κ3) is 26.0. The van der Waals surface area contributed by atoms with E-state index in [2.05, 4.69) is 20.8 Å². The molecule has 0 aliphatic carbocycles. The van der Waals surface area contributed by atoms with E-state index < -0.39 is 0 Å². The summed E-state index contributed by atoms with van der Waals surface area (Å²) < 4.78 is 0. The highest BCUT2D eigenvalue weighted by molar-refractivity contribution is 4.80. The average Bonchev–Trinajstić information content (AvgIpc) is 2.91. The highest BCUT2D eigenvalue weighted by Crippen LogP contribution is 2.42. The fourth-order valence-corrected chi connectivity index (χ4v) is 6.47. The molecule has 0 rings (SSSR count). The van der Waals surface area contributed by atoms with E-state index in [1.807, 2.05) is 0 Å². The van der Waals surface area contributed by atoms with Crippen LogP contribution in [0.15, 0.2) is 0 Å². The lowest BCUT2D eigenvalue weighted by molar-refractivity contribution is 0.172. The maximum atomic E-state index is 5.57. The first-order valence-electron chi connectivity index (χ1n) is 17.9. The lowest BCUT2D eigenvalue weighted by Crippen LogP contribution is -2.21. The summed E-state index contributed by atoms with van der Waals surface area (Å²) in [4.78, 5) is 0. The lowest BCUT2D eigenvalue weighted by Gasteiger charge is -2.35. The Kier molecular flexibility index (Phi) is 30.5. The predicted molar refractivity (Wildman–Crippen MR) is 172 cm³/mol. The smallest absolute Gasteiger partial charge is 0.00773 e. The summed E-state index contributed by atoms with van der Waals surface area (Å²) in [7, 11) is 0. The highest BCUT2D eigenvalue weighted by atomic mass is 14.5. The van der Waals surface area contributed by atoms with Crippen LogP contribution in [-0.4, -0.2) is 6.54 Å². The zero-order valence-electron chi connectivity index (χ0n) is 26.7. The SMILES string of the molecule is CCCCCCC(CCCCCC)(CCCCCC)CCCCCCCCCCCCCCCCCN. The van der Waals surface area contributed by atoms with E-state index in [4.69, 9.17) is 5.73 Å². The number of hydrogen-bond donors (Lipinski definition) is 1. The van der Waals surface area contributed by atoms with Crippen LogP contribution in [0.4, 0.5) is 0 Å². The van der Waals surface area contributed by atoms with Gasteiger partial charge in [0.15, 0.2) is 0 Å². The van der Waals surface area contributed by atoms with Crippen LogP contribution in [-0.2, 0) is 0 Å². The van der Waals surface area contributed by atoms with Gasteiger partial charge < -0.3 is 5.73 Å².